The van der Waals surface area contributed by atoms with E-state index in [4.69, 9.17) is 0 Å². The second-order valence-electron chi connectivity index (χ2n) is 5.78. The molecule has 0 spiro atoms. The van der Waals surface area contributed by atoms with Crippen molar-refractivity contribution < 1.29 is 4.79 Å². The highest BCUT2D eigenvalue weighted by Gasteiger charge is 2.29. The number of hydrogen-bond acceptors (Lipinski definition) is 1. The molecular formula is C15H20O. The SMILES string of the molecule is CCC1CC(=O)c2cc(C(C)(C)C)ccc21. The van der Waals surface area contributed by atoms with Crippen LogP contribution in [0.25, 0.3) is 0 Å². The number of Topliss-reactive ketones (excluding diaryl/α,β-unsaturated/α-hetero) is 1. The fourth-order valence-electron chi connectivity index (χ4n) is 2.43. The van der Waals surface area contributed by atoms with Crippen LogP contribution in [-0.2, 0) is 5.41 Å². The summed E-state index contributed by atoms with van der Waals surface area (Å²) in [6.45, 7) is 8.72. The zero-order valence-corrected chi connectivity index (χ0v) is 10.6. The summed E-state index contributed by atoms with van der Waals surface area (Å²) in [4.78, 5) is 11.9. The van der Waals surface area contributed by atoms with E-state index in [1.807, 2.05) is 0 Å². The summed E-state index contributed by atoms with van der Waals surface area (Å²) >= 11 is 0. The molecule has 0 N–H and O–H groups in total. The molecule has 0 radical (unpaired) electrons. The molecule has 0 saturated carbocycles. The minimum absolute atomic E-state index is 0.125. The van der Waals surface area contributed by atoms with Gasteiger partial charge in [-0.3, -0.25) is 4.79 Å². The molecule has 1 aromatic rings. The van der Waals surface area contributed by atoms with E-state index in [1.165, 1.54) is 11.1 Å². The largest absolute Gasteiger partial charge is 0.294 e. The standard InChI is InChI=1S/C15H20O/c1-5-10-8-14(16)13-9-11(15(2,3)4)6-7-12(10)13/h6-7,9-10H,5,8H2,1-4H3. The van der Waals surface area contributed by atoms with Gasteiger partial charge in [-0.25, -0.2) is 0 Å². The Kier molecular flexibility index (Phi) is 2.65. The van der Waals surface area contributed by atoms with E-state index in [0.717, 1.165) is 12.0 Å². The van der Waals surface area contributed by atoms with Gasteiger partial charge in [-0.15, -0.1) is 0 Å². The Morgan fingerprint density at radius 2 is 2.00 bits per heavy atom. The monoisotopic (exact) mass is 216 g/mol. The van der Waals surface area contributed by atoms with Crippen molar-refractivity contribution in [3.63, 3.8) is 0 Å². The average molecular weight is 216 g/mol. The van der Waals surface area contributed by atoms with Crippen LogP contribution in [0.5, 0.6) is 0 Å². The highest BCUT2D eigenvalue weighted by molar-refractivity contribution is 6.01. The van der Waals surface area contributed by atoms with Gasteiger partial charge in [-0.1, -0.05) is 39.8 Å². The van der Waals surface area contributed by atoms with Crippen molar-refractivity contribution in [1.82, 2.24) is 0 Å². The first-order valence-electron chi connectivity index (χ1n) is 6.11. The summed E-state index contributed by atoms with van der Waals surface area (Å²) in [5, 5.41) is 0. The first-order valence-corrected chi connectivity index (χ1v) is 6.11. The van der Waals surface area contributed by atoms with E-state index >= 15 is 0 Å². The van der Waals surface area contributed by atoms with Gasteiger partial charge in [0.05, 0.1) is 0 Å². The second kappa shape index (κ2) is 3.73. The molecule has 0 aliphatic heterocycles. The summed E-state index contributed by atoms with van der Waals surface area (Å²) in [5.74, 6) is 0.782. The summed E-state index contributed by atoms with van der Waals surface area (Å²) in [6.07, 6.45) is 1.77. The number of rotatable bonds is 1. The lowest BCUT2D eigenvalue weighted by atomic mass is 9.85. The molecule has 0 saturated heterocycles. The molecule has 0 amide bonds. The molecule has 1 aromatic carbocycles. The Morgan fingerprint density at radius 1 is 1.31 bits per heavy atom. The van der Waals surface area contributed by atoms with Crippen LogP contribution in [0.1, 0.15) is 67.9 Å². The number of ketones is 1. The Hall–Kier alpha value is -1.11. The van der Waals surface area contributed by atoms with E-state index in [9.17, 15) is 4.79 Å². The highest BCUT2D eigenvalue weighted by Crippen LogP contribution is 2.37. The molecule has 1 unspecified atom stereocenters. The third kappa shape index (κ3) is 1.79. The van der Waals surface area contributed by atoms with Crippen LogP contribution in [0.3, 0.4) is 0 Å². The summed E-state index contributed by atoms with van der Waals surface area (Å²) in [5.41, 5.74) is 3.62. The van der Waals surface area contributed by atoms with Crippen molar-refractivity contribution in [2.75, 3.05) is 0 Å². The maximum atomic E-state index is 11.9. The van der Waals surface area contributed by atoms with Crippen LogP contribution >= 0.6 is 0 Å². The topological polar surface area (TPSA) is 17.1 Å². The normalized spacial score (nSPS) is 20.0. The second-order valence-corrected chi connectivity index (χ2v) is 5.78. The summed E-state index contributed by atoms with van der Waals surface area (Å²) in [6, 6.07) is 6.45. The molecule has 1 atom stereocenters. The average Bonchev–Trinajstić information content (AvgIpc) is 2.54. The van der Waals surface area contributed by atoms with Crippen LogP contribution in [0.4, 0.5) is 0 Å². The smallest absolute Gasteiger partial charge is 0.163 e. The fourth-order valence-corrected chi connectivity index (χ4v) is 2.43. The molecule has 0 heterocycles. The Morgan fingerprint density at radius 3 is 2.56 bits per heavy atom. The maximum Gasteiger partial charge on any atom is 0.163 e. The lowest BCUT2D eigenvalue weighted by Gasteiger charge is -2.20. The first-order chi connectivity index (χ1) is 7.43. The van der Waals surface area contributed by atoms with E-state index in [1.54, 1.807) is 0 Å². The Bertz CT molecular complexity index is 424. The van der Waals surface area contributed by atoms with Gasteiger partial charge >= 0.3 is 0 Å². The van der Waals surface area contributed by atoms with Crippen LogP contribution in [0.15, 0.2) is 18.2 Å². The lowest BCUT2D eigenvalue weighted by molar-refractivity contribution is 0.0988. The molecule has 0 fully saturated rings. The molecular weight excluding hydrogens is 196 g/mol. The summed E-state index contributed by atoms with van der Waals surface area (Å²) < 4.78 is 0. The predicted octanol–water partition coefficient (Wildman–Crippen LogP) is 4.06. The van der Waals surface area contributed by atoms with Crippen molar-refractivity contribution in [3.05, 3.63) is 34.9 Å². The molecule has 1 aliphatic carbocycles. The van der Waals surface area contributed by atoms with E-state index in [-0.39, 0.29) is 5.41 Å². The number of carbonyl (C=O) groups is 1. The minimum Gasteiger partial charge on any atom is -0.294 e. The van der Waals surface area contributed by atoms with Crippen LogP contribution in [0, 0.1) is 0 Å². The van der Waals surface area contributed by atoms with Gasteiger partial charge in [0, 0.05) is 12.0 Å². The number of hydrogen-bond donors (Lipinski definition) is 0. The number of fused-ring (bicyclic) bond motifs is 1. The van der Waals surface area contributed by atoms with Gasteiger partial charge in [0.1, 0.15) is 0 Å². The number of benzene rings is 1. The fraction of sp³-hybridized carbons (Fsp3) is 0.533. The highest BCUT2D eigenvalue weighted by atomic mass is 16.1. The predicted molar refractivity (Wildman–Crippen MR) is 67.1 cm³/mol. The molecule has 0 bridgehead atoms. The molecule has 16 heavy (non-hydrogen) atoms. The minimum atomic E-state index is 0.125. The van der Waals surface area contributed by atoms with Crippen molar-refractivity contribution >= 4 is 5.78 Å². The molecule has 1 nitrogen and oxygen atoms in total. The molecule has 1 heteroatoms. The zero-order chi connectivity index (χ0) is 11.9. The summed E-state index contributed by atoms with van der Waals surface area (Å²) in [7, 11) is 0. The maximum absolute atomic E-state index is 11.9. The quantitative estimate of drug-likeness (QED) is 0.691. The van der Waals surface area contributed by atoms with Crippen LogP contribution in [0.2, 0.25) is 0 Å². The van der Waals surface area contributed by atoms with Gasteiger partial charge in [-0.2, -0.15) is 0 Å². The van der Waals surface area contributed by atoms with Gasteiger partial charge in [0.15, 0.2) is 5.78 Å². The zero-order valence-electron chi connectivity index (χ0n) is 10.6. The van der Waals surface area contributed by atoms with Crippen LogP contribution < -0.4 is 0 Å². The van der Waals surface area contributed by atoms with Crippen molar-refractivity contribution in [2.45, 2.75) is 51.9 Å². The van der Waals surface area contributed by atoms with E-state index in [0.29, 0.717) is 18.1 Å². The molecule has 0 aromatic heterocycles. The third-order valence-electron chi connectivity index (χ3n) is 3.58. The van der Waals surface area contributed by atoms with E-state index < -0.39 is 0 Å². The van der Waals surface area contributed by atoms with Crippen LogP contribution in [-0.4, -0.2) is 5.78 Å². The van der Waals surface area contributed by atoms with Gasteiger partial charge < -0.3 is 0 Å². The van der Waals surface area contributed by atoms with E-state index in [2.05, 4.69) is 45.9 Å². The Balaban J connectivity index is 2.48. The van der Waals surface area contributed by atoms with Crippen molar-refractivity contribution in [3.8, 4) is 0 Å². The number of carbonyl (C=O) groups excluding carboxylic acids is 1. The van der Waals surface area contributed by atoms with Gasteiger partial charge in [0.25, 0.3) is 0 Å². The molecule has 2 rings (SSSR count). The first kappa shape index (κ1) is 11.4. The lowest BCUT2D eigenvalue weighted by Crippen LogP contribution is -2.11. The molecule has 86 valence electrons. The van der Waals surface area contributed by atoms with Crippen molar-refractivity contribution in [2.24, 2.45) is 0 Å². The molecule has 1 aliphatic rings. The third-order valence-corrected chi connectivity index (χ3v) is 3.58. The van der Waals surface area contributed by atoms with Gasteiger partial charge in [0.2, 0.25) is 0 Å². The Labute approximate surface area is 97.9 Å². The van der Waals surface area contributed by atoms with Crippen molar-refractivity contribution in [1.29, 1.82) is 0 Å². The van der Waals surface area contributed by atoms with Gasteiger partial charge in [-0.05, 0) is 34.9 Å².